The molecule has 6 nitrogen and oxygen atoms in total. The third-order valence-electron chi connectivity index (χ3n) is 7.35. The maximum absolute atomic E-state index is 13.5. The molecule has 4 heterocycles. The number of rotatable bonds is 5. The van der Waals surface area contributed by atoms with Gasteiger partial charge in [-0.05, 0) is 48.4 Å². The van der Waals surface area contributed by atoms with Gasteiger partial charge in [-0.15, -0.1) is 0 Å². The lowest BCUT2D eigenvalue weighted by atomic mass is 9.96. The first-order chi connectivity index (χ1) is 17.6. The van der Waals surface area contributed by atoms with E-state index in [2.05, 4.69) is 22.1 Å². The second-order valence-corrected chi connectivity index (χ2v) is 9.40. The zero-order valence-electron chi connectivity index (χ0n) is 20.3. The molecule has 6 rings (SSSR count). The maximum Gasteiger partial charge on any atom is 0.314 e. The SMILES string of the molecule is CC[C@H](C(=O)O[C@H](C)c1cncc2c(=O)n3c(cc12)-c1[nH]c2ccccc2c1CC3)c1ccccc1. The second-order valence-electron chi connectivity index (χ2n) is 9.40. The first kappa shape index (κ1) is 22.3. The molecule has 0 saturated heterocycles. The number of carbonyl (C=O) groups is 1. The van der Waals surface area contributed by atoms with Crippen molar-refractivity contribution in [2.75, 3.05) is 0 Å². The molecule has 0 bridgehead atoms. The van der Waals surface area contributed by atoms with E-state index < -0.39 is 6.10 Å². The molecular formula is C30H27N3O3. The Balaban J connectivity index is 1.42. The zero-order chi connectivity index (χ0) is 24.8. The minimum absolute atomic E-state index is 0.0737. The van der Waals surface area contributed by atoms with Crippen molar-refractivity contribution in [2.24, 2.45) is 0 Å². The molecule has 1 aliphatic heterocycles. The molecule has 0 fully saturated rings. The number of ether oxygens (including phenoxy) is 1. The van der Waals surface area contributed by atoms with E-state index >= 15 is 0 Å². The van der Waals surface area contributed by atoms with Crippen LogP contribution in [0.3, 0.4) is 0 Å². The van der Waals surface area contributed by atoms with Gasteiger partial charge in [0.2, 0.25) is 0 Å². The van der Waals surface area contributed by atoms with Crippen LogP contribution in [0.1, 0.15) is 49.0 Å². The van der Waals surface area contributed by atoms with Crippen molar-refractivity contribution < 1.29 is 9.53 Å². The molecule has 0 unspecified atom stereocenters. The van der Waals surface area contributed by atoms with Crippen molar-refractivity contribution >= 4 is 27.6 Å². The highest BCUT2D eigenvalue weighted by molar-refractivity contribution is 5.94. The standard InChI is InChI=1S/C30H27N3O3/c1-3-20(19-9-5-4-6-10-19)30(35)36-18(2)24-16-31-17-25-23(24)15-27-28-22(13-14-33(27)29(25)34)21-11-7-8-12-26(21)32-28/h4-12,15-18,20,32H,3,13-14H2,1-2H3/t18-,20+/m1/s1. The van der Waals surface area contributed by atoms with Crippen LogP contribution in [0, 0.1) is 0 Å². The summed E-state index contributed by atoms with van der Waals surface area (Å²) in [7, 11) is 0. The Morgan fingerprint density at radius 2 is 1.83 bits per heavy atom. The molecule has 6 heteroatoms. The van der Waals surface area contributed by atoms with Crippen LogP contribution in [0.4, 0.5) is 0 Å². The highest BCUT2D eigenvalue weighted by Gasteiger charge is 2.26. The lowest BCUT2D eigenvalue weighted by Crippen LogP contribution is -2.26. The fourth-order valence-electron chi connectivity index (χ4n) is 5.49. The number of hydrogen-bond donors (Lipinski definition) is 1. The monoisotopic (exact) mass is 477 g/mol. The van der Waals surface area contributed by atoms with E-state index in [-0.39, 0.29) is 17.4 Å². The van der Waals surface area contributed by atoms with Crippen molar-refractivity contribution in [3.63, 3.8) is 0 Å². The van der Waals surface area contributed by atoms with Crippen molar-refractivity contribution in [1.82, 2.24) is 14.5 Å². The van der Waals surface area contributed by atoms with E-state index in [1.54, 1.807) is 12.4 Å². The van der Waals surface area contributed by atoms with Crippen LogP contribution < -0.4 is 5.56 Å². The summed E-state index contributed by atoms with van der Waals surface area (Å²) >= 11 is 0. The number of pyridine rings is 2. The zero-order valence-corrected chi connectivity index (χ0v) is 20.3. The summed E-state index contributed by atoms with van der Waals surface area (Å²) in [5.74, 6) is -0.621. The highest BCUT2D eigenvalue weighted by Crippen LogP contribution is 2.36. The summed E-state index contributed by atoms with van der Waals surface area (Å²) in [5, 5.41) is 2.49. The van der Waals surface area contributed by atoms with E-state index in [0.29, 0.717) is 18.4 Å². The first-order valence-electron chi connectivity index (χ1n) is 12.4. The quantitative estimate of drug-likeness (QED) is 0.320. The van der Waals surface area contributed by atoms with Crippen LogP contribution in [0.15, 0.2) is 77.9 Å². The minimum atomic E-state index is -0.556. The van der Waals surface area contributed by atoms with Crippen molar-refractivity contribution in [1.29, 1.82) is 0 Å². The van der Waals surface area contributed by atoms with Crippen molar-refractivity contribution in [3.8, 4) is 11.4 Å². The first-order valence-corrected chi connectivity index (χ1v) is 12.4. The molecule has 36 heavy (non-hydrogen) atoms. The van der Waals surface area contributed by atoms with Gasteiger partial charge >= 0.3 is 5.97 Å². The number of H-pyrrole nitrogens is 1. The Bertz CT molecular complexity index is 1670. The molecular weight excluding hydrogens is 450 g/mol. The van der Waals surface area contributed by atoms with Gasteiger partial charge in [0.15, 0.2) is 0 Å². The van der Waals surface area contributed by atoms with E-state index in [1.165, 1.54) is 10.9 Å². The molecule has 2 atom stereocenters. The van der Waals surface area contributed by atoms with E-state index in [0.717, 1.165) is 39.8 Å². The molecule has 0 saturated carbocycles. The molecule has 1 aliphatic rings. The van der Waals surface area contributed by atoms with Gasteiger partial charge in [0.25, 0.3) is 5.56 Å². The average molecular weight is 478 g/mol. The van der Waals surface area contributed by atoms with Crippen LogP contribution in [-0.4, -0.2) is 20.5 Å². The van der Waals surface area contributed by atoms with Gasteiger partial charge in [-0.1, -0.05) is 55.5 Å². The van der Waals surface area contributed by atoms with Gasteiger partial charge in [-0.3, -0.25) is 14.6 Å². The summed E-state index contributed by atoms with van der Waals surface area (Å²) in [6, 6.07) is 20.0. The Morgan fingerprint density at radius 3 is 2.64 bits per heavy atom. The third-order valence-corrected chi connectivity index (χ3v) is 7.35. The molecule has 3 aromatic heterocycles. The fraction of sp³-hybridized carbons (Fsp3) is 0.233. The smallest absolute Gasteiger partial charge is 0.314 e. The van der Waals surface area contributed by atoms with Crippen LogP contribution in [0.2, 0.25) is 0 Å². The van der Waals surface area contributed by atoms with Crippen molar-refractivity contribution in [2.45, 2.75) is 45.3 Å². The predicted molar refractivity (Wildman–Crippen MR) is 141 cm³/mol. The lowest BCUT2D eigenvalue weighted by molar-refractivity contribution is -0.150. The van der Waals surface area contributed by atoms with Crippen LogP contribution in [0.25, 0.3) is 33.1 Å². The second kappa shape index (κ2) is 8.79. The number of nitrogens with one attached hydrogen (secondary N) is 1. The largest absolute Gasteiger partial charge is 0.457 e. The fourth-order valence-corrected chi connectivity index (χ4v) is 5.49. The number of aryl methyl sites for hydroxylation is 1. The molecule has 180 valence electrons. The van der Waals surface area contributed by atoms with Gasteiger partial charge in [-0.25, -0.2) is 0 Å². The topological polar surface area (TPSA) is 77.0 Å². The normalized spacial score (nSPS) is 14.3. The molecule has 0 radical (unpaired) electrons. The predicted octanol–water partition coefficient (Wildman–Crippen LogP) is 5.90. The number of aromatic amines is 1. The lowest BCUT2D eigenvalue weighted by Gasteiger charge is -2.22. The Hall–Kier alpha value is -4.19. The van der Waals surface area contributed by atoms with Gasteiger partial charge < -0.3 is 14.3 Å². The highest BCUT2D eigenvalue weighted by atomic mass is 16.5. The Morgan fingerprint density at radius 1 is 1.06 bits per heavy atom. The van der Waals surface area contributed by atoms with Gasteiger partial charge in [0.1, 0.15) is 6.10 Å². The summed E-state index contributed by atoms with van der Waals surface area (Å²) in [5.41, 5.74) is 5.71. The number of fused-ring (bicyclic) bond motifs is 6. The summed E-state index contributed by atoms with van der Waals surface area (Å²) in [4.78, 5) is 34.5. The number of nitrogens with zero attached hydrogens (tertiary/aromatic N) is 2. The number of esters is 1. The molecule has 5 aromatic rings. The van der Waals surface area contributed by atoms with E-state index in [9.17, 15) is 9.59 Å². The molecule has 0 aliphatic carbocycles. The summed E-state index contributed by atoms with van der Waals surface area (Å²) < 4.78 is 7.78. The van der Waals surface area contributed by atoms with E-state index in [1.807, 2.05) is 66.9 Å². The molecule has 0 amide bonds. The summed E-state index contributed by atoms with van der Waals surface area (Å²) in [6.07, 6.45) is 4.19. The number of para-hydroxylation sites is 1. The van der Waals surface area contributed by atoms with Crippen LogP contribution in [-0.2, 0) is 22.5 Å². The number of hydrogen-bond acceptors (Lipinski definition) is 4. The molecule has 1 N–H and O–H groups in total. The minimum Gasteiger partial charge on any atom is -0.457 e. The Kier molecular flexibility index (Phi) is 5.44. The molecule has 2 aromatic carbocycles. The summed E-state index contributed by atoms with van der Waals surface area (Å²) in [6.45, 7) is 4.44. The van der Waals surface area contributed by atoms with E-state index in [4.69, 9.17) is 4.74 Å². The van der Waals surface area contributed by atoms with Gasteiger partial charge in [-0.2, -0.15) is 0 Å². The number of benzene rings is 2. The van der Waals surface area contributed by atoms with Crippen LogP contribution >= 0.6 is 0 Å². The maximum atomic E-state index is 13.5. The van der Waals surface area contributed by atoms with Crippen molar-refractivity contribution in [3.05, 3.63) is 100 Å². The van der Waals surface area contributed by atoms with Gasteiger partial charge in [0, 0.05) is 35.4 Å². The van der Waals surface area contributed by atoms with Gasteiger partial charge in [0.05, 0.1) is 22.7 Å². The molecule has 0 spiro atoms. The third kappa shape index (κ3) is 3.52. The Labute approximate surface area is 208 Å². The average Bonchev–Trinajstić information content (AvgIpc) is 3.29. The number of aromatic nitrogens is 3. The van der Waals surface area contributed by atoms with Crippen LogP contribution in [0.5, 0.6) is 0 Å². The number of carbonyl (C=O) groups excluding carboxylic acids is 1.